The van der Waals surface area contributed by atoms with E-state index in [1.807, 2.05) is 4.90 Å². The third-order valence-electron chi connectivity index (χ3n) is 3.67. The second-order valence-corrected chi connectivity index (χ2v) is 6.29. The number of benzene rings is 1. The largest absolute Gasteiger partial charge is 0.480 e. The molecule has 1 aliphatic heterocycles. The van der Waals surface area contributed by atoms with E-state index in [1.54, 1.807) is 30.0 Å². The molecule has 1 atom stereocenters. The number of carboxylic acid groups (broad SMARTS) is 1. The summed E-state index contributed by atoms with van der Waals surface area (Å²) in [4.78, 5) is 27.0. The van der Waals surface area contributed by atoms with Crippen LogP contribution >= 0.6 is 27.5 Å². The molecule has 0 aliphatic carbocycles. The minimum Gasteiger partial charge on any atom is -0.480 e. The third-order valence-corrected chi connectivity index (χ3v) is 4.49. The van der Waals surface area contributed by atoms with Crippen LogP contribution in [0.15, 0.2) is 22.7 Å². The lowest BCUT2D eigenvalue weighted by atomic mass is 10.1. The molecule has 1 aromatic rings. The van der Waals surface area contributed by atoms with Crippen molar-refractivity contribution in [2.75, 3.05) is 26.2 Å². The first-order valence-corrected chi connectivity index (χ1v) is 7.78. The molecule has 1 saturated heterocycles. The lowest BCUT2D eigenvalue weighted by Gasteiger charge is -2.36. The van der Waals surface area contributed by atoms with Gasteiger partial charge in [-0.05, 0) is 25.1 Å². The van der Waals surface area contributed by atoms with Gasteiger partial charge in [0.2, 0.25) is 0 Å². The maximum Gasteiger partial charge on any atom is 0.320 e. The summed E-state index contributed by atoms with van der Waals surface area (Å²) >= 11 is 9.40. The first-order chi connectivity index (χ1) is 9.90. The molecule has 1 heterocycles. The summed E-state index contributed by atoms with van der Waals surface area (Å²) in [6.45, 7) is 3.75. The lowest BCUT2D eigenvalue weighted by molar-refractivity contribution is -0.143. The van der Waals surface area contributed by atoms with Crippen molar-refractivity contribution in [3.63, 3.8) is 0 Å². The van der Waals surface area contributed by atoms with E-state index in [-0.39, 0.29) is 5.91 Å². The predicted molar refractivity (Wildman–Crippen MR) is 83.7 cm³/mol. The number of halogens is 2. The number of aliphatic carboxylic acids is 1. The molecule has 2 rings (SSSR count). The molecular formula is C14H16BrClN2O3. The molecule has 1 N–H and O–H groups in total. The van der Waals surface area contributed by atoms with Gasteiger partial charge in [-0.15, -0.1) is 0 Å². The van der Waals surface area contributed by atoms with E-state index in [9.17, 15) is 9.59 Å². The summed E-state index contributed by atoms with van der Waals surface area (Å²) in [5.41, 5.74) is 0.464. The summed E-state index contributed by atoms with van der Waals surface area (Å²) in [5, 5.41) is 9.43. The van der Waals surface area contributed by atoms with Gasteiger partial charge in [0.25, 0.3) is 5.91 Å². The number of amides is 1. The van der Waals surface area contributed by atoms with E-state index in [2.05, 4.69) is 15.9 Å². The Balaban J connectivity index is 2.03. The Labute approximate surface area is 136 Å². The fourth-order valence-corrected chi connectivity index (χ4v) is 2.86. The highest BCUT2D eigenvalue weighted by Gasteiger charge is 2.28. The van der Waals surface area contributed by atoms with Gasteiger partial charge in [-0.25, -0.2) is 0 Å². The Hall–Kier alpha value is -1.11. The Morgan fingerprint density at radius 2 is 1.90 bits per heavy atom. The van der Waals surface area contributed by atoms with Crippen LogP contribution < -0.4 is 0 Å². The van der Waals surface area contributed by atoms with E-state index in [1.165, 1.54) is 0 Å². The number of hydrogen-bond donors (Lipinski definition) is 1. The molecule has 0 saturated carbocycles. The summed E-state index contributed by atoms with van der Waals surface area (Å²) in [7, 11) is 0. The Morgan fingerprint density at radius 3 is 2.48 bits per heavy atom. The molecule has 1 fully saturated rings. The molecule has 7 heteroatoms. The Kier molecular flexibility index (Phi) is 5.24. The Bertz CT molecular complexity index is 559. The molecule has 1 aromatic carbocycles. The second kappa shape index (κ2) is 6.77. The molecule has 1 amide bonds. The van der Waals surface area contributed by atoms with Crippen molar-refractivity contribution in [3.05, 3.63) is 33.3 Å². The van der Waals surface area contributed by atoms with Crippen molar-refractivity contribution in [1.82, 2.24) is 9.80 Å². The van der Waals surface area contributed by atoms with Crippen molar-refractivity contribution in [1.29, 1.82) is 0 Å². The number of carbonyl (C=O) groups excluding carboxylic acids is 1. The van der Waals surface area contributed by atoms with Gasteiger partial charge in [-0.1, -0.05) is 27.5 Å². The summed E-state index contributed by atoms with van der Waals surface area (Å²) in [5.74, 6) is -0.964. The molecule has 0 aromatic heterocycles. The van der Waals surface area contributed by atoms with Crippen LogP contribution in [0.2, 0.25) is 5.02 Å². The zero-order valence-corrected chi connectivity index (χ0v) is 13.9. The first kappa shape index (κ1) is 16.3. The second-order valence-electron chi connectivity index (χ2n) is 4.97. The normalized spacial score (nSPS) is 17.6. The molecule has 0 radical (unpaired) electrons. The fraction of sp³-hybridized carbons (Fsp3) is 0.429. The molecule has 0 spiro atoms. The van der Waals surface area contributed by atoms with E-state index in [0.717, 1.165) is 4.47 Å². The van der Waals surface area contributed by atoms with E-state index in [0.29, 0.717) is 36.8 Å². The van der Waals surface area contributed by atoms with Gasteiger partial charge in [0.1, 0.15) is 6.04 Å². The van der Waals surface area contributed by atoms with Gasteiger partial charge in [0.15, 0.2) is 0 Å². The fourth-order valence-electron chi connectivity index (χ4n) is 2.30. The van der Waals surface area contributed by atoms with Crippen LogP contribution in [0.5, 0.6) is 0 Å². The van der Waals surface area contributed by atoms with Gasteiger partial charge >= 0.3 is 5.97 Å². The minimum atomic E-state index is -0.843. The lowest BCUT2D eigenvalue weighted by Crippen LogP contribution is -2.53. The quantitative estimate of drug-likeness (QED) is 0.881. The molecule has 0 bridgehead atoms. The van der Waals surface area contributed by atoms with Gasteiger partial charge in [0.05, 0.1) is 10.6 Å². The Morgan fingerprint density at radius 1 is 1.29 bits per heavy atom. The van der Waals surface area contributed by atoms with E-state index >= 15 is 0 Å². The smallest absolute Gasteiger partial charge is 0.320 e. The average molecular weight is 376 g/mol. The molecule has 1 unspecified atom stereocenters. The van der Waals surface area contributed by atoms with Crippen molar-refractivity contribution < 1.29 is 14.7 Å². The summed E-state index contributed by atoms with van der Waals surface area (Å²) in [6, 6.07) is 4.64. The molecular weight excluding hydrogens is 360 g/mol. The van der Waals surface area contributed by atoms with Crippen LogP contribution in [0, 0.1) is 0 Å². The SMILES string of the molecule is CC(C(=O)O)N1CCN(C(=O)c2cc(Br)ccc2Cl)CC1. The molecule has 5 nitrogen and oxygen atoms in total. The number of piperazine rings is 1. The summed E-state index contributed by atoms with van der Waals surface area (Å²) < 4.78 is 0.799. The zero-order chi connectivity index (χ0) is 15.6. The molecule has 114 valence electrons. The zero-order valence-electron chi connectivity index (χ0n) is 11.6. The monoisotopic (exact) mass is 374 g/mol. The third kappa shape index (κ3) is 3.75. The topological polar surface area (TPSA) is 60.9 Å². The van der Waals surface area contributed by atoms with Crippen LogP contribution in [-0.2, 0) is 4.79 Å². The van der Waals surface area contributed by atoms with Crippen molar-refractivity contribution in [2.45, 2.75) is 13.0 Å². The van der Waals surface area contributed by atoms with Crippen molar-refractivity contribution in [2.24, 2.45) is 0 Å². The number of carboxylic acids is 1. The van der Waals surface area contributed by atoms with Gasteiger partial charge in [-0.3, -0.25) is 14.5 Å². The van der Waals surface area contributed by atoms with Gasteiger partial charge in [0, 0.05) is 30.7 Å². The van der Waals surface area contributed by atoms with Crippen molar-refractivity contribution >= 4 is 39.4 Å². The van der Waals surface area contributed by atoms with Crippen LogP contribution in [-0.4, -0.2) is 59.0 Å². The minimum absolute atomic E-state index is 0.121. The maximum atomic E-state index is 12.5. The number of hydrogen-bond acceptors (Lipinski definition) is 3. The highest BCUT2D eigenvalue weighted by molar-refractivity contribution is 9.10. The highest BCUT2D eigenvalue weighted by Crippen LogP contribution is 2.23. The predicted octanol–water partition coefficient (Wildman–Crippen LogP) is 2.33. The first-order valence-electron chi connectivity index (χ1n) is 6.61. The van der Waals surface area contributed by atoms with Crippen LogP contribution in [0.3, 0.4) is 0 Å². The molecule has 1 aliphatic rings. The van der Waals surface area contributed by atoms with Gasteiger partial charge < -0.3 is 10.0 Å². The highest BCUT2D eigenvalue weighted by atomic mass is 79.9. The van der Waals surface area contributed by atoms with Crippen LogP contribution in [0.4, 0.5) is 0 Å². The summed E-state index contributed by atoms with van der Waals surface area (Å²) in [6.07, 6.45) is 0. The average Bonchev–Trinajstić information content (AvgIpc) is 2.48. The standard InChI is InChI=1S/C14H16BrClN2O3/c1-9(14(20)21)17-4-6-18(7-5-17)13(19)11-8-10(15)2-3-12(11)16/h2-3,8-9H,4-7H2,1H3,(H,20,21). The van der Waals surface area contributed by atoms with E-state index in [4.69, 9.17) is 16.7 Å². The van der Waals surface area contributed by atoms with E-state index < -0.39 is 12.0 Å². The van der Waals surface area contributed by atoms with Crippen molar-refractivity contribution in [3.8, 4) is 0 Å². The van der Waals surface area contributed by atoms with Crippen LogP contribution in [0.1, 0.15) is 17.3 Å². The number of rotatable bonds is 3. The van der Waals surface area contributed by atoms with Gasteiger partial charge in [-0.2, -0.15) is 0 Å². The maximum absolute atomic E-state index is 12.5. The van der Waals surface area contributed by atoms with Crippen LogP contribution in [0.25, 0.3) is 0 Å². The number of carbonyl (C=O) groups is 2. The number of nitrogens with zero attached hydrogens (tertiary/aromatic N) is 2. The molecule has 21 heavy (non-hydrogen) atoms.